The molecule has 2 aromatic rings. The highest BCUT2D eigenvalue weighted by Gasteiger charge is 2.20. The van der Waals surface area contributed by atoms with Crippen LogP contribution < -0.4 is 10.2 Å². The van der Waals surface area contributed by atoms with Gasteiger partial charge in [-0.1, -0.05) is 30.3 Å². The summed E-state index contributed by atoms with van der Waals surface area (Å²) >= 11 is 1.61. The quantitative estimate of drug-likeness (QED) is 0.664. The zero-order chi connectivity index (χ0) is 19.8. The Kier molecular flexibility index (Phi) is 7.56. The number of carbonyl (C=O) groups excluding carboxylic acids is 1. The first-order valence-corrected chi connectivity index (χ1v) is 10.6. The Morgan fingerprint density at radius 1 is 1.07 bits per heavy atom. The van der Waals surface area contributed by atoms with Gasteiger partial charge in [-0.15, -0.1) is 0 Å². The number of amides is 1. The molecule has 0 saturated carbocycles. The highest BCUT2D eigenvalue weighted by Crippen LogP contribution is 2.27. The summed E-state index contributed by atoms with van der Waals surface area (Å²) < 4.78 is 13.5. The Balaban J connectivity index is 1.30. The molecule has 1 heterocycles. The molecular formula is C21H26FN3O2S. The summed E-state index contributed by atoms with van der Waals surface area (Å²) in [5.41, 5.74) is 1.54. The van der Waals surface area contributed by atoms with E-state index in [4.69, 9.17) is 0 Å². The molecule has 0 aliphatic carbocycles. The third kappa shape index (κ3) is 5.87. The molecule has 1 saturated heterocycles. The first kappa shape index (κ1) is 20.5. The third-order valence-corrected chi connectivity index (χ3v) is 5.75. The zero-order valence-corrected chi connectivity index (χ0v) is 16.6. The van der Waals surface area contributed by atoms with Crippen LogP contribution in [-0.2, 0) is 10.5 Å². The van der Waals surface area contributed by atoms with Crippen LogP contribution in [0.2, 0.25) is 0 Å². The molecule has 1 aliphatic heterocycles. The maximum atomic E-state index is 13.5. The second-order valence-corrected chi connectivity index (χ2v) is 7.85. The highest BCUT2D eigenvalue weighted by atomic mass is 32.2. The smallest absolute Gasteiger partial charge is 0.234 e. The van der Waals surface area contributed by atoms with E-state index in [-0.39, 0.29) is 11.7 Å². The van der Waals surface area contributed by atoms with Gasteiger partial charge in [0.15, 0.2) is 0 Å². The highest BCUT2D eigenvalue weighted by molar-refractivity contribution is 7.98. The fourth-order valence-corrected chi connectivity index (χ4v) is 4.04. The maximum absolute atomic E-state index is 13.5. The number of carbonyl (C=O) groups is 1. The summed E-state index contributed by atoms with van der Waals surface area (Å²) in [6.45, 7) is 4.09. The molecule has 0 unspecified atom stereocenters. The number of halogens is 1. The van der Waals surface area contributed by atoms with Crippen molar-refractivity contribution in [3.63, 3.8) is 0 Å². The molecule has 150 valence electrons. The second kappa shape index (κ2) is 10.3. The number of thioether (sulfide) groups is 1. The predicted octanol–water partition coefficient (Wildman–Crippen LogP) is 2.70. The number of piperazine rings is 1. The first-order valence-electron chi connectivity index (χ1n) is 9.46. The molecule has 2 N–H and O–H groups in total. The van der Waals surface area contributed by atoms with E-state index < -0.39 is 0 Å². The van der Waals surface area contributed by atoms with Crippen molar-refractivity contribution in [2.75, 3.05) is 49.9 Å². The van der Waals surface area contributed by atoms with Crippen LogP contribution in [0.4, 0.5) is 10.1 Å². The number of nitrogens with zero attached hydrogens (tertiary/aromatic N) is 2. The van der Waals surface area contributed by atoms with Crippen molar-refractivity contribution in [1.82, 2.24) is 10.2 Å². The molecule has 0 radical (unpaired) electrons. The molecular weight excluding hydrogens is 377 g/mol. The lowest BCUT2D eigenvalue weighted by Gasteiger charge is -2.35. The number of nitrogens with one attached hydrogen (secondary N) is 1. The molecule has 0 aromatic heterocycles. The van der Waals surface area contributed by atoms with E-state index in [2.05, 4.69) is 15.1 Å². The standard InChI is InChI=1S/C21H26FN3O2S/c22-18-6-2-1-5-17(18)16-28-14-9-23-21(27)15-24-10-12-25(13-11-24)19-7-3-4-8-20(19)26/h1-8,26H,9-16H2,(H,23,27). The third-order valence-electron chi connectivity index (χ3n) is 4.75. The number of para-hydroxylation sites is 2. The predicted molar refractivity (Wildman–Crippen MR) is 112 cm³/mol. The minimum atomic E-state index is -0.179. The van der Waals surface area contributed by atoms with Crippen LogP contribution in [0.5, 0.6) is 5.75 Å². The molecule has 1 aliphatic rings. The van der Waals surface area contributed by atoms with E-state index >= 15 is 0 Å². The molecule has 1 fully saturated rings. The summed E-state index contributed by atoms with van der Waals surface area (Å²) in [5.74, 6) is 1.49. The van der Waals surface area contributed by atoms with E-state index in [1.807, 2.05) is 24.3 Å². The molecule has 0 atom stereocenters. The Morgan fingerprint density at radius 2 is 1.79 bits per heavy atom. The molecule has 0 bridgehead atoms. The van der Waals surface area contributed by atoms with Gasteiger partial charge in [0, 0.05) is 44.2 Å². The van der Waals surface area contributed by atoms with Crippen molar-refractivity contribution in [1.29, 1.82) is 0 Å². The van der Waals surface area contributed by atoms with Crippen LogP contribution in [0, 0.1) is 5.82 Å². The summed E-state index contributed by atoms with van der Waals surface area (Å²) in [6, 6.07) is 14.1. The number of hydrogen-bond donors (Lipinski definition) is 2. The van der Waals surface area contributed by atoms with Crippen molar-refractivity contribution < 1.29 is 14.3 Å². The molecule has 0 spiro atoms. The van der Waals surface area contributed by atoms with Gasteiger partial charge in [-0.25, -0.2) is 4.39 Å². The number of anilines is 1. The van der Waals surface area contributed by atoms with Crippen molar-refractivity contribution in [3.05, 3.63) is 59.9 Å². The lowest BCUT2D eigenvalue weighted by Crippen LogP contribution is -2.49. The van der Waals surface area contributed by atoms with Gasteiger partial charge >= 0.3 is 0 Å². The number of phenols is 1. The minimum absolute atomic E-state index is 0.0162. The van der Waals surface area contributed by atoms with Gasteiger partial charge in [0.2, 0.25) is 5.91 Å². The van der Waals surface area contributed by atoms with Gasteiger partial charge in [0.05, 0.1) is 12.2 Å². The van der Waals surface area contributed by atoms with E-state index in [0.717, 1.165) is 37.6 Å². The van der Waals surface area contributed by atoms with Crippen LogP contribution in [0.3, 0.4) is 0 Å². The summed E-state index contributed by atoms with van der Waals surface area (Å²) in [7, 11) is 0. The van der Waals surface area contributed by atoms with E-state index in [0.29, 0.717) is 30.2 Å². The van der Waals surface area contributed by atoms with E-state index in [1.165, 1.54) is 6.07 Å². The fraction of sp³-hybridized carbons (Fsp3) is 0.381. The van der Waals surface area contributed by atoms with Gasteiger partial charge in [0.1, 0.15) is 11.6 Å². The van der Waals surface area contributed by atoms with Crippen LogP contribution in [-0.4, -0.2) is 60.9 Å². The molecule has 1 amide bonds. The molecule has 2 aromatic carbocycles. The average Bonchev–Trinajstić information content (AvgIpc) is 2.70. The number of aromatic hydroxyl groups is 1. The largest absolute Gasteiger partial charge is 0.506 e. The number of hydrogen-bond acceptors (Lipinski definition) is 5. The lowest BCUT2D eigenvalue weighted by atomic mass is 10.2. The number of phenolic OH excluding ortho intramolecular Hbond substituents is 1. The summed E-state index contributed by atoms with van der Waals surface area (Å²) in [6.07, 6.45) is 0. The Labute approximate surface area is 169 Å². The van der Waals surface area contributed by atoms with Crippen LogP contribution in [0.1, 0.15) is 5.56 Å². The maximum Gasteiger partial charge on any atom is 0.234 e. The average molecular weight is 404 g/mol. The van der Waals surface area contributed by atoms with Crippen molar-refractivity contribution in [2.45, 2.75) is 5.75 Å². The minimum Gasteiger partial charge on any atom is -0.506 e. The van der Waals surface area contributed by atoms with Crippen LogP contribution in [0.25, 0.3) is 0 Å². The summed E-state index contributed by atoms with van der Waals surface area (Å²) in [4.78, 5) is 16.4. The Morgan fingerprint density at radius 3 is 2.54 bits per heavy atom. The molecule has 7 heteroatoms. The topological polar surface area (TPSA) is 55.8 Å². The number of rotatable bonds is 8. The van der Waals surface area contributed by atoms with Crippen LogP contribution in [0.15, 0.2) is 48.5 Å². The summed E-state index contributed by atoms with van der Waals surface area (Å²) in [5, 5.41) is 12.9. The fourth-order valence-electron chi connectivity index (χ4n) is 3.20. The normalized spacial score (nSPS) is 14.8. The SMILES string of the molecule is O=C(CN1CCN(c2ccccc2O)CC1)NCCSCc1ccccc1F. The van der Waals surface area contributed by atoms with Crippen molar-refractivity contribution >= 4 is 23.4 Å². The van der Waals surface area contributed by atoms with Crippen molar-refractivity contribution in [3.8, 4) is 5.75 Å². The van der Waals surface area contributed by atoms with Gasteiger partial charge in [-0.3, -0.25) is 9.69 Å². The Bertz CT molecular complexity index is 782. The second-order valence-electron chi connectivity index (χ2n) is 6.75. The van der Waals surface area contributed by atoms with Crippen LogP contribution >= 0.6 is 11.8 Å². The monoisotopic (exact) mass is 403 g/mol. The van der Waals surface area contributed by atoms with E-state index in [9.17, 15) is 14.3 Å². The first-order chi connectivity index (χ1) is 13.6. The van der Waals surface area contributed by atoms with Gasteiger partial charge in [-0.2, -0.15) is 11.8 Å². The van der Waals surface area contributed by atoms with Gasteiger partial charge in [-0.05, 0) is 23.8 Å². The zero-order valence-electron chi connectivity index (χ0n) is 15.8. The number of benzene rings is 2. The lowest BCUT2D eigenvalue weighted by molar-refractivity contribution is -0.122. The Hall–Kier alpha value is -2.25. The molecule has 28 heavy (non-hydrogen) atoms. The van der Waals surface area contributed by atoms with Gasteiger partial charge in [0.25, 0.3) is 0 Å². The molecule has 5 nitrogen and oxygen atoms in total. The van der Waals surface area contributed by atoms with Crippen molar-refractivity contribution in [2.24, 2.45) is 0 Å². The van der Waals surface area contributed by atoms with E-state index in [1.54, 1.807) is 30.0 Å². The van der Waals surface area contributed by atoms with Gasteiger partial charge < -0.3 is 15.3 Å². The molecule has 3 rings (SSSR count).